The molecular formula is C14H21N3O4. The molecular weight excluding hydrogens is 274 g/mol. The summed E-state index contributed by atoms with van der Waals surface area (Å²) in [5.74, 6) is -0.605. The number of nitrogens with zero attached hydrogens (tertiary/aromatic N) is 2. The Kier molecular flexibility index (Phi) is 5.32. The molecule has 1 aromatic rings. The molecule has 2 N–H and O–H groups in total. The lowest BCUT2D eigenvalue weighted by Gasteiger charge is -2.34. The molecule has 1 aliphatic rings. The third-order valence-corrected chi connectivity index (χ3v) is 3.68. The van der Waals surface area contributed by atoms with Crippen LogP contribution in [0.15, 0.2) is 10.6 Å². The maximum Gasteiger partial charge on any atom is 0.303 e. The molecule has 0 aromatic carbocycles. The van der Waals surface area contributed by atoms with E-state index in [1.807, 2.05) is 0 Å². The lowest BCUT2D eigenvalue weighted by molar-refractivity contribution is -0.137. The second-order valence-electron chi connectivity index (χ2n) is 5.43. The summed E-state index contributed by atoms with van der Waals surface area (Å²) in [5.41, 5.74) is 0.711. The number of carboxylic acid groups (broad SMARTS) is 1. The van der Waals surface area contributed by atoms with Crippen molar-refractivity contribution in [2.45, 2.75) is 45.1 Å². The first-order chi connectivity index (χ1) is 10.0. The van der Waals surface area contributed by atoms with Crippen molar-refractivity contribution < 1.29 is 19.2 Å². The van der Waals surface area contributed by atoms with Crippen LogP contribution in [-0.2, 0) is 9.59 Å². The highest BCUT2D eigenvalue weighted by Gasteiger charge is 2.25. The fraction of sp³-hybridized carbons (Fsp3) is 0.643. The monoisotopic (exact) mass is 295 g/mol. The molecule has 1 fully saturated rings. The van der Waals surface area contributed by atoms with Gasteiger partial charge in [0.25, 0.3) is 0 Å². The van der Waals surface area contributed by atoms with Crippen molar-refractivity contribution >= 4 is 17.8 Å². The molecule has 1 atom stereocenters. The molecule has 0 radical (unpaired) electrons. The summed E-state index contributed by atoms with van der Waals surface area (Å²) < 4.78 is 4.95. The average molecular weight is 295 g/mol. The van der Waals surface area contributed by atoms with Gasteiger partial charge in [0.15, 0.2) is 0 Å². The number of rotatable bonds is 6. The normalized spacial score (nSPS) is 19.4. The highest BCUT2D eigenvalue weighted by molar-refractivity contribution is 5.91. The van der Waals surface area contributed by atoms with Crippen LogP contribution in [0.1, 0.15) is 37.8 Å². The molecule has 2 rings (SSSR count). The van der Waals surface area contributed by atoms with E-state index in [2.05, 4.69) is 15.4 Å². The van der Waals surface area contributed by atoms with Crippen molar-refractivity contribution in [2.75, 3.05) is 18.4 Å². The number of piperidine rings is 1. The molecule has 7 nitrogen and oxygen atoms in total. The van der Waals surface area contributed by atoms with E-state index in [1.54, 1.807) is 13.0 Å². The molecule has 0 aliphatic carbocycles. The predicted octanol–water partition coefficient (Wildman–Crippen LogP) is 1.64. The number of carboxylic acids is 1. The number of nitrogens with one attached hydrogen (secondary N) is 1. The molecule has 0 bridgehead atoms. The SMILES string of the molecule is Cc1cc(NC(=O)CN2CCCCC2CCC(=O)O)on1. The minimum Gasteiger partial charge on any atom is -0.481 e. The smallest absolute Gasteiger partial charge is 0.303 e. The van der Waals surface area contributed by atoms with Crippen LogP contribution < -0.4 is 5.32 Å². The zero-order chi connectivity index (χ0) is 15.2. The van der Waals surface area contributed by atoms with E-state index in [9.17, 15) is 9.59 Å². The van der Waals surface area contributed by atoms with Gasteiger partial charge in [-0.2, -0.15) is 0 Å². The molecule has 1 aromatic heterocycles. The molecule has 0 saturated carbocycles. The molecule has 7 heteroatoms. The first kappa shape index (κ1) is 15.5. The minimum atomic E-state index is -0.790. The largest absolute Gasteiger partial charge is 0.481 e. The van der Waals surface area contributed by atoms with Crippen molar-refractivity contribution in [1.82, 2.24) is 10.1 Å². The highest BCUT2D eigenvalue weighted by Crippen LogP contribution is 2.21. The number of anilines is 1. The first-order valence-electron chi connectivity index (χ1n) is 7.23. The molecule has 116 valence electrons. The average Bonchev–Trinajstić information content (AvgIpc) is 2.83. The van der Waals surface area contributed by atoms with Crippen molar-refractivity contribution in [1.29, 1.82) is 0 Å². The van der Waals surface area contributed by atoms with Gasteiger partial charge in [-0.1, -0.05) is 11.6 Å². The Morgan fingerprint density at radius 1 is 1.52 bits per heavy atom. The zero-order valence-electron chi connectivity index (χ0n) is 12.2. The number of carbonyl (C=O) groups excluding carboxylic acids is 1. The van der Waals surface area contributed by atoms with Crippen LogP contribution in [0.3, 0.4) is 0 Å². The summed E-state index contributed by atoms with van der Waals surface area (Å²) in [6.07, 6.45) is 3.80. The fourth-order valence-corrected chi connectivity index (χ4v) is 2.67. The number of aromatic nitrogens is 1. The molecule has 1 saturated heterocycles. The topological polar surface area (TPSA) is 95.7 Å². The van der Waals surface area contributed by atoms with Gasteiger partial charge in [0, 0.05) is 18.5 Å². The van der Waals surface area contributed by atoms with Gasteiger partial charge >= 0.3 is 5.97 Å². The van der Waals surface area contributed by atoms with Gasteiger partial charge in [-0.05, 0) is 32.7 Å². The summed E-state index contributed by atoms with van der Waals surface area (Å²) in [6.45, 7) is 2.86. The number of aliphatic carboxylic acids is 1. The summed E-state index contributed by atoms with van der Waals surface area (Å²) in [4.78, 5) is 24.8. The van der Waals surface area contributed by atoms with Crippen LogP contribution in [0.4, 0.5) is 5.88 Å². The van der Waals surface area contributed by atoms with E-state index in [-0.39, 0.29) is 24.9 Å². The first-order valence-corrected chi connectivity index (χ1v) is 7.23. The molecule has 2 heterocycles. The molecule has 0 spiro atoms. The number of aryl methyl sites for hydroxylation is 1. The Morgan fingerprint density at radius 3 is 3.00 bits per heavy atom. The van der Waals surface area contributed by atoms with Crippen molar-refractivity contribution in [3.05, 3.63) is 11.8 Å². The second-order valence-corrected chi connectivity index (χ2v) is 5.43. The molecule has 1 unspecified atom stereocenters. The fourth-order valence-electron chi connectivity index (χ4n) is 2.67. The van der Waals surface area contributed by atoms with Crippen LogP contribution in [0.5, 0.6) is 0 Å². The van der Waals surface area contributed by atoms with Crippen LogP contribution in [-0.4, -0.2) is 46.2 Å². The third-order valence-electron chi connectivity index (χ3n) is 3.68. The van der Waals surface area contributed by atoms with Gasteiger partial charge in [0.05, 0.1) is 12.2 Å². The third kappa shape index (κ3) is 4.86. The summed E-state index contributed by atoms with van der Waals surface area (Å²) in [5, 5.41) is 15.2. The number of hydrogen-bond donors (Lipinski definition) is 2. The van der Waals surface area contributed by atoms with E-state index < -0.39 is 5.97 Å². The number of amides is 1. The van der Waals surface area contributed by atoms with Gasteiger partial charge in [0.1, 0.15) is 0 Å². The van der Waals surface area contributed by atoms with E-state index in [0.717, 1.165) is 25.8 Å². The Morgan fingerprint density at radius 2 is 2.33 bits per heavy atom. The number of hydrogen-bond acceptors (Lipinski definition) is 5. The molecule has 21 heavy (non-hydrogen) atoms. The quantitative estimate of drug-likeness (QED) is 0.828. The second kappa shape index (κ2) is 7.21. The Bertz CT molecular complexity index is 500. The zero-order valence-corrected chi connectivity index (χ0v) is 12.2. The maximum atomic E-state index is 12.0. The van der Waals surface area contributed by atoms with Gasteiger partial charge in [-0.3, -0.25) is 19.8 Å². The van der Waals surface area contributed by atoms with E-state index >= 15 is 0 Å². The Balaban J connectivity index is 1.85. The van der Waals surface area contributed by atoms with Gasteiger partial charge < -0.3 is 9.63 Å². The Hall–Kier alpha value is -1.89. The number of likely N-dealkylation sites (tertiary alicyclic amines) is 1. The lowest BCUT2D eigenvalue weighted by Crippen LogP contribution is -2.44. The minimum absolute atomic E-state index is 0.143. The Labute approximate surface area is 123 Å². The van der Waals surface area contributed by atoms with E-state index in [4.69, 9.17) is 9.63 Å². The number of carbonyl (C=O) groups is 2. The molecule has 1 aliphatic heterocycles. The van der Waals surface area contributed by atoms with E-state index in [1.165, 1.54) is 0 Å². The van der Waals surface area contributed by atoms with Gasteiger partial charge in [0.2, 0.25) is 11.8 Å². The van der Waals surface area contributed by atoms with Crippen molar-refractivity contribution in [3.63, 3.8) is 0 Å². The highest BCUT2D eigenvalue weighted by atomic mass is 16.5. The van der Waals surface area contributed by atoms with Gasteiger partial charge in [-0.25, -0.2) is 0 Å². The van der Waals surface area contributed by atoms with Gasteiger partial charge in [-0.15, -0.1) is 0 Å². The lowest BCUT2D eigenvalue weighted by atomic mass is 9.98. The predicted molar refractivity (Wildman–Crippen MR) is 76.0 cm³/mol. The van der Waals surface area contributed by atoms with Crippen molar-refractivity contribution in [3.8, 4) is 0 Å². The summed E-state index contributed by atoms with van der Waals surface area (Å²) >= 11 is 0. The molecule has 1 amide bonds. The van der Waals surface area contributed by atoms with Crippen LogP contribution in [0.2, 0.25) is 0 Å². The van der Waals surface area contributed by atoms with Crippen LogP contribution in [0, 0.1) is 6.92 Å². The van der Waals surface area contributed by atoms with Crippen LogP contribution >= 0.6 is 0 Å². The standard InChI is InChI=1S/C14H21N3O4/c1-10-8-13(21-16-10)15-12(18)9-17-7-3-2-4-11(17)5-6-14(19)20/h8,11H,2-7,9H2,1H3,(H,15,18)(H,19,20). The summed E-state index contributed by atoms with van der Waals surface area (Å²) in [7, 11) is 0. The van der Waals surface area contributed by atoms with Crippen LogP contribution in [0.25, 0.3) is 0 Å². The maximum absolute atomic E-state index is 12.0. The van der Waals surface area contributed by atoms with E-state index in [0.29, 0.717) is 18.0 Å². The van der Waals surface area contributed by atoms with Crippen molar-refractivity contribution in [2.24, 2.45) is 0 Å². The summed E-state index contributed by atoms with van der Waals surface area (Å²) in [6, 6.07) is 1.83.